The van der Waals surface area contributed by atoms with Gasteiger partial charge >= 0.3 is 0 Å². The maximum absolute atomic E-state index is 5.99. The standard InChI is InChI=1S/C11H13ClO2/c1-8(11-7-14-11)13-6-9-4-2-3-5-10(9)12/h2-5,8,11H,6-7H2,1H3/t8-,11-/m0/s1. The molecular weight excluding hydrogens is 200 g/mol. The average molecular weight is 213 g/mol. The largest absolute Gasteiger partial charge is 0.371 e. The van der Waals surface area contributed by atoms with E-state index in [9.17, 15) is 0 Å². The topological polar surface area (TPSA) is 21.8 Å². The van der Waals surface area contributed by atoms with Gasteiger partial charge in [-0.1, -0.05) is 29.8 Å². The van der Waals surface area contributed by atoms with E-state index in [1.165, 1.54) is 0 Å². The molecule has 1 aromatic rings. The molecule has 0 amide bonds. The van der Waals surface area contributed by atoms with Gasteiger partial charge in [-0.05, 0) is 18.6 Å². The van der Waals surface area contributed by atoms with E-state index in [2.05, 4.69) is 0 Å². The van der Waals surface area contributed by atoms with Crippen molar-refractivity contribution in [1.82, 2.24) is 0 Å². The molecule has 0 bridgehead atoms. The van der Waals surface area contributed by atoms with Crippen LogP contribution in [0.1, 0.15) is 12.5 Å². The number of halogens is 1. The third-order valence-corrected chi connectivity index (χ3v) is 2.71. The Morgan fingerprint density at radius 2 is 2.29 bits per heavy atom. The second-order valence-corrected chi connectivity index (χ2v) is 3.89. The summed E-state index contributed by atoms with van der Waals surface area (Å²) in [7, 11) is 0. The molecule has 14 heavy (non-hydrogen) atoms. The summed E-state index contributed by atoms with van der Waals surface area (Å²) in [5, 5.41) is 0.761. The molecule has 1 aliphatic heterocycles. The minimum atomic E-state index is 0.159. The maximum atomic E-state index is 5.99. The molecule has 0 saturated carbocycles. The van der Waals surface area contributed by atoms with E-state index in [1.807, 2.05) is 31.2 Å². The molecule has 3 heteroatoms. The highest BCUT2D eigenvalue weighted by molar-refractivity contribution is 6.31. The fourth-order valence-corrected chi connectivity index (χ4v) is 1.46. The van der Waals surface area contributed by atoms with Crippen molar-refractivity contribution in [3.8, 4) is 0 Å². The van der Waals surface area contributed by atoms with E-state index in [4.69, 9.17) is 21.1 Å². The Morgan fingerprint density at radius 3 is 2.93 bits per heavy atom. The van der Waals surface area contributed by atoms with Gasteiger partial charge in [0.1, 0.15) is 6.10 Å². The summed E-state index contributed by atoms with van der Waals surface area (Å²) in [6.07, 6.45) is 0.448. The van der Waals surface area contributed by atoms with Crippen LogP contribution in [0.25, 0.3) is 0 Å². The Balaban J connectivity index is 1.87. The van der Waals surface area contributed by atoms with Crippen LogP contribution >= 0.6 is 11.6 Å². The van der Waals surface area contributed by atoms with Gasteiger partial charge in [0.15, 0.2) is 0 Å². The molecule has 0 aromatic heterocycles. The van der Waals surface area contributed by atoms with Gasteiger partial charge in [0.25, 0.3) is 0 Å². The van der Waals surface area contributed by atoms with Gasteiger partial charge in [-0.2, -0.15) is 0 Å². The van der Waals surface area contributed by atoms with Crippen LogP contribution in [0.4, 0.5) is 0 Å². The van der Waals surface area contributed by atoms with Crippen molar-refractivity contribution in [1.29, 1.82) is 0 Å². The lowest BCUT2D eigenvalue weighted by Gasteiger charge is -2.10. The zero-order valence-corrected chi connectivity index (χ0v) is 8.83. The van der Waals surface area contributed by atoms with Crippen LogP contribution in [0.15, 0.2) is 24.3 Å². The fourth-order valence-electron chi connectivity index (χ4n) is 1.27. The highest BCUT2D eigenvalue weighted by Gasteiger charge is 2.30. The van der Waals surface area contributed by atoms with E-state index in [0.717, 1.165) is 17.2 Å². The van der Waals surface area contributed by atoms with Gasteiger partial charge < -0.3 is 9.47 Å². The predicted molar refractivity (Wildman–Crippen MR) is 55.4 cm³/mol. The first-order valence-corrected chi connectivity index (χ1v) is 5.12. The van der Waals surface area contributed by atoms with Crippen LogP contribution in [-0.4, -0.2) is 18.8 Å². The van der Waals surface area contributed by atoms with Crippen molar-refractivity contribution in [3.63, 3.8) is 0 Å². The number of ether oxygens (including phenoxy) is 2. The normalized spacial score (nSPS) is 22.0. The average Bonchev–Trinajstić information content (AvgIpc) is 2.99. The smallest absolute Gasteiger partial charge is 0.107 e. The van der Waals surface area contributed by atoms with Crippen LogP contribution in [0.3, 0.4) is 0 Å². The lowest BCUT2D eigenvalue weighted by Crippen LogP contribution is -2.15. The summed E-state index contributed by atoms with van der Waals surface area (Å²) in [5.74, 6) is 0. The van der Waals surface area contributed by atoms with Crippen molar-refractivity contribution >= 4 is 11.6 Å². The molecule has 0 unspecified atom stereocenters. The Bertz CT molecular complexity index is 310. The molecule has 0 aliphatic carbocycles. The zero-order chi connectivity index (χ0) is 9.97. The summed E-state index contributed by atoms with van der Waals surface area (Å²) >= 11 is 5.99. The first-order valence-electron chi connectivity index (χ1n) is 4.74. The van der Waals surface area contributed by atoms with Crippen molar-refractivity contribution in [3.05, 3.63) is 34.9 Å². The van der Waals surface area contributed by atoms with Crippen LogP contribution < -0.4 is 0 Å². The summed E-state index contributed by atoms with van der Waals surface area (Å²) in [4.78, 5) is 0. The van der Waals surface area contributed by atoms with Crippen LogP contribution in [-0.2, 0) is 16.1 Å². The molecular formula is C11H13ClO2. The highest BCUT2D eigenvalue weighted by Crippen LogP contribution is 2.20. The number of benzene rings is 1. The van der Waals surface area contributed by atoms with E-state index in [1.54, 1.807) is 0 Å². The van der Waals surface area contributed by atoms with Crippen molar-refractivity contribution < 1.29 is 9.47 Å². The minimum absolute atomic E-state index is 0.159. The summed E-state index contributed by atoms with van der Waals surface area (Å²) < 4.78 is 10.8. The van der Waals surface area contributed by atoms with Crippen LogP contribution in [0, 0.1) is 0 Å². The summed E-state index contributed by atoms with van der Waals surface area (Å²) in [6, 6.07) is 7.73. The van der Waals surface area contributed by atoms with Gasteiger partial charge in [0, 0.05) is 5.02 Å². The second-order valence-electron chi connectivity index (χ2n) is 3.48. The molecule has 2 nitrogen and oxygen atoms in total. The summed E-state index contributed by atoms with van der Waals surface area (Å²) in [5.41, 5.74) is 1.03. The molecule has 2 rings (SSSR count). The first kappa shape index (κ1) is 9.97. The number of hydrogen-bond donors (Lipinski definition) is 0. The Kier molecular flexibility index (Phi) is 3.06. The Labute approximate surface area is 88.8 Å². The highest BCUT2D eigenvalue weighted by atomic mass is 35.5. The lowest BCUT2D eigenvalue weighted by molar-refractivity contribution is 0.0341. The minimum Gasteiger partial charge on any atom is -0.371 e. The van der Waals surface area contributed by atoms with Crippen molar-refractivity contribution in [2.75, 3.05) is 6.61 Å². The van der Waals surface area contributed by atoms with Gasteiger partial charge in [-0.25, -0.2) is 0 Å². The number of hydrogen-bond acceptors (Lipinski definition) is 2. The lowest BCUT2D eigenvalue weighted by atomic mass is 10.2. The van der Waals surface area contributed by atoms with Gasteiger partial charge in [-0.15, -0.1) is 0 Å². The summed E-state index contributed by atoms with van der Waals surface area (Å²) in [6.45, 7) is 3.40. The third kappa shape index (κ3) is 2.47. The van der Waals surface area contributed by atoms with Gasteiger partial charge in [0.05, 0.1) is 19.3 Å². The molecule has 0 N–H and O–H groups in total. The molecule has 1 aliphatic rings. The molecule has 76 valence electrons. The van der Waals surface area contributed by atoms with Crippen LogP contribution in [0.2, 0.25) is 5.02 Å². The second kappa shape index (κ2) is 4.30. The monoisotopic (exact) mass is 212 g/mol. The third-order valence-electron chi connectivity index (χ3n) is 2.34. The molecule has 1 heterocycles. The molecule has 1 fully saturated rings. The fraction of sp³-hybridized carbons (Fsp3) is 0.455. The van der Waals surface area contributed by atoms with Crippen molar-refractivity contribution in [2.24, 2.45) is 0 Å². The van der Waals surface area contributed by atoms with E-state index < -0.39 is 0 Å². The maximum Gasteiger partial charge on any atom is 0.107 e. The first-order chi connectivity index (χ1) is 6.77. The number of rotatable bonds is 4. The zero-order valence-electron chi connectivity index (χ0n) is 8.07. The predicted octanol–water partition coefficient (Wildman–Crippen LogP) is 2.64. The molecule has 2 atom stereocenters. The van der Waals surface area contributed by atoms with Crippen molar-refractivity contribution in [2.45, 2.75) is 25.7 Å². The van der Waals surface area contributed by atoms with Gasteiger partial charge in [0.2, 0.25) is 0 Å². The molecule has 1 saturated heterocycles. The Hall–Kier alpha value is -0.570. The van der Waals surface area contributed by atoms with Gasteiger partial charge in [-0.3, -0.25) is 0 Å². The molecule has 1 aromatic carbocycles. The number of epoxide rings is 1. The molecule has 0 spiro atoms. The SMILES string of the molecule is C[C@H](OCc1ccccc1Cl)[C@@H]1CO1. The van der Waals surface area contributed by atoms with E-state index in [0.29, 0.717) is 6.61 Å². The quantitative estimate of drug-likeness (QED) is 0.716. The molecule has 0 radical (unpaired) electrons. The van der Waals surface area contributed by atoms with E-state index in [-0.39, 0.29) is 12.2 Å². The van der Waals surface area contributed by atoms with E-state index >= 15 is 0 Å². The Morgan fingerprint density at radius 1 is 1.57 bits per heavy atom. The van der Waals surface area contributed by atoms with Crippen LogP contribution in [0.5, 0.6) is 0 Å².